The first-order chi connectivity index (χ1) is 19.4. The first-order valence-electron chi connectivity index (χ1n) is 13.3. The van der Waals surface area contributed by atoms with Gasteiger partial charge in [-0.25, -0.2) is 18.7 Å². The number of rotatable bonds is 9. The second kappa shape index (κ2) is 12.2. The van der Waals surface area contributed by atoms with Gasteiger partial charge in [-0.2, -0.15) is 0 Å². The molecule has 0 fully saturated rings. The van der Waals surface area contributed by atoms with Crippen LogP contribution in [0, 0.1) is 17.6 Å². The molecule has 2 aliphatic rings. The van der Waals surface area contributed by atoms with Crippen LogP contribution in [0.2, 0.25) is 0 Å². The van der Waals surface area contributed by atoms with E-state index in [0.717, 1.165) is 23.4 Å². The van der Waals surface area contributed by atoms with Crippen LogP contribution in [0.3, 0.4) is 0 Å². The number of nitrogens with two attached hydrogens (primary N) is 1. The van der Waals surface area contributed by atoms with Gasteiger partial charge in [0.25, 0.3) is 5.71 Å². The maximum atomic E-state index is 14.7. The molecule has 0 spiro atoms. The summed E-state index contributed by atoms with van der Waals surface area (Å²) in [4.78, 5) is 9.47. The van der Waals surface area contributed by atoms with Crippen molar-refractivity contribution in [1.29, 1.82) is 0 Å². The highest BCUT2D eigenvalue weighted by atomic mass is 19.1. The molecule has 4 N–H and O–H groups in total. The van der Waals surface area contributed by atoms with Crippen molar-refractivity contribution in [2.75, 3.05) is 17.2 Å². The molecule has 1 aromatic heterocycles. The largest absolute Gasteiger partial charge is 0.494 e. The number of nitrogens with zero attached hydrogens (tertiary/aromatic N) is 2. The Kier molecular flexibility index (Phi) is 8.31. The lowest BCUT2D eigenvalue weighted by atomic mass is 10.0. The molecule has 40 heavy (non-hydrogen) atoms. The average Bonchev–Trinajstić information content (AvgIpc) is 3.41. The van der Waals surface area contributed by atoms with Gasteiger partial charge in [-0.1, -0.05) is 37.3 Å². The number of fused-ring (bicyclic) bond motifs is 1. The Hall–Kier alpha value is -4.37. The Morgan fingerprint density at radius 1 is 1.15 bits per heavy atom. The van der Waals surface area contributed by atoms with Crippen molar-refractivity contribution < 1.29 is 23.7 Å². The van der Waals surface area contributed by atoms with E-state index in [1.54, 1.807) is 13.0 Å². The molecule has 5 rings (SSSR count). The van der Waals surface area contributed by atoms with Gasteiger partial charge in [0, 0.05) is 41.2 Å². The van der Waals surface area contributed by atoms with E-state index in [2.05, 4.69) is 29.7 Å². The summed E-state index contributed by atoms with van der Waals surface area (Å²) < 4.78 is 40.2. The molecule has 1 atom stereocenters. The Morgan fingerprint density at radius 3 is 2.75 bits per heavy atom. The van der Waals surface area contributed by atoms with Crippen LogP contribution < -0.4 is 20.8 Å². The summed E-state index contributed by atoms with van der Waals surface area (Å²) in [6, 6.07) is 9.62. The quantitative estimate of drug-likeness (QED) is 0.334. The topological polar surface area (TPSA) is 93.9 Å². The lowest BCUT2D eigenvalue weighted by molar-refractivity contribution is -0.112. The van der Waals surface area contributed by atoms with Gasteiger partial charge in [0.15, 0.2) is 0 Å². The van der Waals surface area contributed by atoms with E-state index in [1.807, 2.05) is 36.4 Å². The van der Waals surface area contributed by atoms with Crippen LogP contribution in [0.5, 0.6) is 5.75 Å². The number of para-hydroxylation sites is 1. The van der Waals surface area contributed by atoms with E-state index < -0.39 is 11.6 Å². The summed E-state index contributed by atoms with van der Waals surface area (Å²) in [6.07, 6.45) is 11.3. The maximum absolute atomic E-state index is 14.7. The van der Waals surface area contributed by atoms with Crippen molar-refractivity contribution in [3.05, 3.63) is 112 Å². The van der Waals surface area contributed by atoms with Gasteiger partial charge in [0.1, 0.15) is 23.2 Å². The van der Waals surface area contributed by atoms with Crippen molar-refractivity contribution in [2.45, 2.75) is 40.0 Å². The number of hydrogen-bond acceptors (Lipinski definition) is 6. The van der Waals surface area contributed by atoms with E-state index >= 15 is 0 Å². The third-order valence-corrected chi connectivity index (χ3v) is 6.70. The molecule has 1 aliphatic carbocycles. The molecule has 2 aromatic carbocycles. The average molecular weight is 545 g/mol. The standard InChI is InChI=1S/C31H31F2N5O2/c1-3-40-21-14-25(32)23(26(33)15-21)16-35-27-11-7-6-10-22(27)29(34)31-37-28-18-39-17-24(28)30(38-31)36-20-9-5-4-8-19(2)12-13-20/h4-7,9-15,19,34-35H,3,8,16-18H2,1-2H3,(H,36,37,38)/p+1/b5-4+,13-12-,20-9+,34-29?. The number of benzene rings is 2. The van der Waals surface area contributed by atoms with Crippen LogP contribution in [0.25, 0.3) is 0 Å². The van der Waals surface area contributed by atoms with Crippen LogP contribution in [0.1, 0.15) is 48.5 Å². The third kappa shape index (κ3) is 6.10. The van der Waals surface area contributed by atoms with Crippen molar-refractivity contribution >= 4 is 17.2 Å². The zero-order valence-electron chi connectivity index (χ0n) is 22.5. The van der Waals surface area contributed by atoms with Gasteiger partial charge < -0.3 is 20.1 Å². The van der Waals surface area contributed by atoms with Crippen molar-refractivity contribution in [3.63, 3.8) is 0 Å². The summed E-state index contributed by atoms with van der Waals surface area (Å²) in [5, 5.41) is 13.2. The Labute approximate surface area is 232 Å². The first-order valence-corrected chi connectivity index (χ1v) is 13.3. The molecular formula is C31H32F2N5O2+. The van der Waals surface area contributed by atoms with Crippen LogP contribution in [-0.4, -0.2) is 22.3 Å². The van der Waals surface area contributed by atoms with Crippen LogP contribution in [-0.2, 0) is 24.5 Å². The summed E-state index contributed by atoms with van der Waals surface area (Å²) >= 11 is 0. The van der Waals surface area contributed by atoms with E-state index in [0.29, 0.717) is 54.3 Å². The summed E-state index contributed by atoms with van der Waals surface area (Å²) in [5.41, 5.74) is 3.97. The zero-order valence-corrected chi connectivity index (χ0v) is 22.5. The van der Waals surface area contributed by atoms with Gasteiger partial charge in [-0.15, -0.1) is 0 Å². The van der Waals surface area contributed by atoms with E-state index in [4.69, 9.17) is 24.9 Å². The molecule has 1 unspecified atom stereocenters. The van der Waals surface area contributed by atoms with Crippen LogP contribution in [0.15, 0.2) is 72.5 Å². The normalized spacial score (nSPS) is 19.0. The van der Waals surface area contributed by atoms with E-state index in [1.165, 1.54) is 12.1 Å². The summed E-state index contributed by atoms with van der Waals surface area (Å²) in [6.45, 7) is 4.90. The van der Waals surface area contributed by atoms with Crippen LogP contribution in [0.4, 0.5) is 20.3 Å². The molecular weight excluding hydrogens is 512 g/mol. The SMILES string of the molecule is CCOc1cc(F)c(CNc2ccccc2C(=[NH2+])c2nc3c(c(NC4=C/C=C/CC(C)/C=C\4)n2)COC3)c(F)c1. The predicted molar refractivity (Wildman–Crippen MR) is 151 cm³/mol. The van der Waals surface area contributed by atoms with E-state index in [9.17, 15) is 8.78 Å². The third-order valence-electron chi connectivity index (χ3n) is 6.70. The second-order valence-corrected chi connectivity index (χ2v) is 9.67. The van der Waals surface area contributed by atoms with Crippen LogP contribution >= 0.6 is 0 Å². The van der Waals surface area contributed by atoms with E-state index in [-0.39, 0.29) is 17.9 Å². The fraction of sp³-hybridized carbons (Fsp3) is 0.258. The minimum Gasteiger partial charge on any atom is -0.494 e. The molecule has 0 radical (unpaired) electrons. The number of hydrogen-bond donors (Lipinski definition) is 3. The zero-order chi connectivity index (χ0) is 28.1. The minimum atomic E-state index is -0.690. The van der Waals surface area contributed by atoms with Gasteiger partial charge in [-0.3, -0.25) is 5.41 Å². The molecule has 0 saturated carbocycles. The molecule has 7 nitrogen and oxygen atoms in total. The number of allylic oxidation sites excluding steroid dienone is 5. The highest BCUT2D eigenvalue weighted by Crippen LogP contribution is 2.28. The highest BCUT2D eigenvalue weighted by molar-refractivity contribution is 6.10. The predicted octanol–water partition coefficient (Wildman–Crippen LogP) is 4.84. The molecule has 206 valence electrons. The van der Waals surface area contributed by atoms with Gasteiger partial charge >= 0.3 is 0 Å². The molecule has 1 aliphatic heterocycles. The lowest BCUT2D eigenvalue weighted by Gasteiger charge is -2.14. The maximum Gasteiger partial charge on any atom is 0.251 e. The minimum absolute atomic E-state index is 0.0908. The van der Waals surface area contributed by atoms with Crippen molar-refractivity contribution in [1.82, 2.24) is 9.97 Å². The number of nitrogens with one attached hydrogen (secondary N) is 2. The molecule has 9 heteroatoms. The Morgan fingerprint density at radius 2 is 1.95 bits per heavy atom. The first kappa shape index (κ1) is 27.2. The Balaban J connectivity index is 1.41. The summed E-state index contributed by atoms with van der Waals surface area (Å²) in [5.74, 6) is 0.155. The molecule has 3 aromatic rings. The number of ether oxygens (including phenoxy) is 2. The number of aromatic nitrogens is 2. The Bertz CT molecular complexity index is 1490. The second-order valence-electron chi connectivity index (χ2n) is 9.67. The molecule has 0 saturated heterocycles. The van der Waals surface area contributed by atoms with Gasteiger partial charge in [0.05, 0.1) is 31.1 Å². The smallest absolute Gasteiger partial charge is 0.251 e. The monoisotopic (exact) mass is 544 g/mol. The van der Waals surface area contributed by atoms with Gasteiger partial charge in [-0.05, 0) is 43.5 Å². The van der Waals surface area contributed by atoms with Crippen molar-refractivity contribution in [3.8, 4) is 5.75 Å². The fourth-order valence-electron chi connectivity index (χ4n) is 4.54. The molecule has 2 heterocycles. The highest BCUT2D eigenvalue weighted by Gasteiger charge is 2.26. The lowest BCUT2D eigenvalue weighted by Crippen LogP contribution is -2.42. The molecule has 0 bridgehead atoms. The molecule has 0 amide bonds. The number of anilines is 2. The van der Waals surface area contributed by atoms with Crippen molar-refractivity contribution in [2.24, 2.45) is 5.92 Å². The fourth-order valence-corrected chi connectivity index (χ4v) is 4.54. The van der Waals surface area contributed by atoms with Gasteiger partial charge in [0.2, 0.25) is 5.82 Å². The summed E-state index contributed by atoms with van der Waals surface area (Å²) in [7, 11) is 0. The number of halogens is 2.